The molecule has 6 rings (SSSR count). The predicted octanol–water partition coefficient (Wildman–Crippen LogP) is 0.729. The molecule has 3 atom stereocenters. The Balaban J connectivity index is 0.0000141. The number of nitrogens with two attached hydrogens (primary N) is 1. The van der Waals surface area contributed by atoms with Gasteiger partial charge >= 0.3 is 18.1 Å². The Hall–Kier alpha value is -7.97. The molecule has 2 aliphatic rings. The number of rotatable bonds is 28. The number of guanidine groups is 1. The summed E-state index contributed by atoms with van der Waals surface area (Å²) in [6, 6.07) is 20.1. The molecule has 0 bridgehead atoms. The minimum absolute atomic E-state index is 0. The summed E-state index contributed by atoms with van der Waals surface area (Å²) in [5, 5.41) is 35.3. The SMILES string of the molecule is [177Lu].[C-]#[N+][C@@H]1CC(F)(F)CN1C(=O)CNC(=O)c1ccnc2c(NC(=O)CCC(=O)N[C@@H](CCCN=C(N)N(C)C)C(=O)N[C@@H](Cc3ccccc3)C(=O)NCCNC(=O)Cc3ccc(CN4CCN(CC(=O)O)CCN(CC(=O)O)CC4)cc3)cccc12. The van der Waals surface area contributed by atoms with Crippen molar-refractivity contribution in [3.8, 4) is 0 Å². The van der Waals surface area contributed by atoms with Crippen LogP contribution in [0.15, 0.2) is 90.1 Å². The fraction of sp³-hybridized carbons (Fsp3) is 0.458. The number of hydrogen-bond acceptors (Lipinski definition) is 14. The number of para-hydroxylation sites is 1. The van der Waals surface area contributed by atoms with E-state index in [2.05, 4.69) is 51.6 Å². The number of halogens is 2. The number of alkyl halides is 2. The average Bonchev–Trinajstić information content (AvgIpc) is 2.93. The van der Waals surface area contributed by atoms with Gasteiger partial charge in [-0.2, -0.15) is 0 Å². The van der Waals surface area contributed by atoms with Gasteiger partial charge in [0, 0.05) is 147 Å². The summed E-state index contributed by atoms with van der Waals surface area (Å²) >= 11 is 0. The Morgan fingerprint density at radius 1 is 0.750 bits per heavy atom. The van der Waals surface area contributed by atoms with Gasteiger partial charge in [-0.1, -0.05) is 66.7 Å². The molecule has 3 aromatic carbocycles. The van der Waals surface area contributed by atoms with Crippen LogP contribution in [0.2, 0.25) is 0 Å². The second kappa shape index (κ2) is 35.1. The van der Waals surface area contributed by atoms with Crippen LogP contribution in [0.25, 0.3) is 15.7 Å². The van der Waals surface area contributed by atoms with Crippen LogP contribution >= 0.6 is 0 Å². The third-order valence-corrected chi connectivity index (χ3v) is 14.4. The van der Waals surface area contributed by atoms with Gasteiger partial charge in [-0.05, 0) is 41.7 Å². The molecule has 26 nitrogen and oxygen atoms in total. The molecule has 7 amide bonds. The van der Waals surface area contributed by atoms with E-state index in [1.54, 1.807) is 71.3 Å². The largest absolute Gasteiger partial charge is 0.480 e. The molecule has 29 heteroatoms. The predicted molar refractivity (Wildman–Crippen MR) is 317 cm³/mol. The van der Waals surface area contributed by atoms with Gasteiger partial charge in [0.2, 0.25) is 35.4 Å². The molecule has 0 aliphatic carbocycles. The van der Waals surface area contributed by atoms with Gasteiger partial charge in [0.25, 0.3) is 11.8 Å². The molecule has 4 aromatic rings. The van der Waals surface area contributed by atoms with Crippen molar-refractivity contribution in [2.45, 2.75) is 75.7 Å². The number of aliphatic imine (C=N–C) groups is 1. The van der Waals surface area contributed by atoms with E-state index in [0.29, 0.717) is 45.8 Å². The third kappa shape index (κ3) is 23.3. The van der Waals surface area contributed by atoms with Crippen molar-refractivity contribution in [1.29, 1.82) is 0 Å². The van der Waals surface area contributed by atoms with E-state index < -0.39 is 91.1 Å². The molecule has 1 radical (unpaired) electrons. The number of hydrogen-bond donors (Lipinski definition) is 9. The molecule has 2 saturated heterocycles. The number of pyridine rings is 1. The minimum Gasteiger partial charge on any atom is -0.480 e. The van der Waals surface area contributed by atoms with Gasteiger partial charge in [-0.25, -0.2) is 15.4 Å². The van der Waals surface area contributed by atoms with Gasteiger partial charge in [0.1, 0.15) is 18.5 Å². The van der Waals surface area contributed by atoms with Gasteiger partial charge in [0.15, 0.2) is 5.96 Å². The fourth-order valence-corrected chi connectivity index (χ4v) is 9.75. The molecule has 3 heterocycles. The molecule has 0 saturated carbocycles. The van der Waals surface area contributed by atoms with E-state index >= 15 is 0 Å². The van der Waals surface area contributed by atoms with Crippen LogP contribution in [-0.2, 0) is 57.7 Å². The third-order valence-electron chi connectivity index (χ3n) is 14.4. The maximum absolute atomic E-state index is 14.2. The summed E-state index contributed by atoms with van der Waals surface area (Å²) in [5.74, 6) is -9.33. The Bertz CT molecular complexity index is 3130. The van der Waals surface area contributed by atoms with E-state index in [1.807, 2.05) is 24.3 Å². The van der Waals surface area contributed by atoms with E-state index in [-0.39, 0.29) is 142 Å². The molecule has 2 aliphatic heterocycles. The van der Waals surface area contributed by atoms with Crippen LogP contribution in [0.5, 0.6) is 0 Å². The van der Waals surface area contributed by atoms with Crippen molar-refractivity contribution in [1.82, 2.24) is 56.1 Å². The summed E-state index contributed by atoms with van der Waals surface area (Å²) in [6.45, 7) is 9.12. The average molecular weight is 1390 g/mol. The van der Waals surface area contributed by atoms with E-state index in [0.717, 1.165) is 21.6 Å². The van der Waals surface area contributed by atoms with Gasteiger partial charge in [0.05, 0.1) is 49.4 Å². The second-order valence-electron chi connectivity index (χ2n) is 21.4. The van der Waals surface area contributed by atoms with Crippen LogP contribution < -0.4 is 37.6 Å². The zero-order chi connectivity index (χ0) is 63.0. The van der Waals surface area contributed by atoms with Gasteiger partial charge in [-0.3, -0.25) is 77.6 Å². The van der Waals surface area contributed by atoms with Crippen molar-refractivity contribution in [2.75, 3.05) is 104 Å². The number of nitrogens with one attached hydrogen (secondary N) is 6. The first-order valence-electron chi connectivity index (χ1n) is 28.4. The van der Waals surface area contributed by atoms with Crippen LogP contribution in [0.1, 0.15) is 59.2 Å². The first-order valence-corrected chi connectivity index (χ1v) is 28.4. The summed E-state index contributed by atoms with van der Waals surface area (Å²) < 4.78 is 27.9. The summed E-state index contributed by atoms with van der Waals surface area (Å²) in [5.41, 5.74) is 8.81. The molecule has 10 N–H and O–H groups in total. The Morgan fingerprint density at radius 3 is 2.01 bits per heavy atom. The van der Waals surface area contributed by atoms with E-state index in [4.69, 9.17) is 12.3 Å². The maximum atomic E-state index is 14.2. The van der Waals surface area contributed by atoms with E-state index in [9.17, 15) is 62.1 Å². The van der Waals surface area contributed by atoms with E-state index in [1.165, 1.54) is 18.3 Å². The molecule has 0 unspecified atom stereocenters. The number of carbonyl (C=O) groups is 9. The molecule has 1 aromatic heterocycles. The smallest absolute Gasteiger partial charge is 0.317 e. The van der Waals surface area contributed by atoms with Gasteiger partial charge in [-0.15, -0.1) is 0 Å². The van der Waals surface area contributed by atoms with Crippen LogP contribution in [-0.4, -0.2) is 222 Å². The number of aromatic nitrogens is 1. The molecular formula is C59H75F2LuN15O11. The molecule has 88 heavy (non-hydrogen) atoms. The minimum atomic E-state index is -3.23. The van der Waals surface area contributed by atoms with Crippen molar-refractivity contribution in [2.24, 2.45) is 10.7 Å². The fourth-order valence-electron chi connectivity index (χ4n) is 9.75. The Labute approximate surface area is 537 Å². The first-order chi connectivity index (χ1) is 41.6. The number of likely N-dealkylation sites (tertiary alicyclic amines) is 1. The number of carboxylic acid groups (broad SMARTS) is 2. The monoisotopic (exact) mass is 1380 g/mol. The zero-order valence-corrected chi connectivity index (χ0v) is 50.6. The molecule has 0 spiro atoms. The van der Waals surface area contributed by atoms with Gasteiger partial charge < -0.3 is 52.7 Å². The zero-order valence-electron chi connectivity index (χ0n) is 48.9. The number of benzene rings is 3. The van der Waals surface area contributed by atoms with Crippen molar-refractivity contribution < 1.29 is 99.0 Å². The van der Waals surface area contributed by atoms with Crippen LogP contribution in [0, 0.1) is 43.4 Å². The Morgan fingerprint density at radius 2 is 1.38 bits per heavy atom. The number of carbonyl (C=O) groups excluding carboxylic acids is 7. The quantitative estimate of drug-likeness (QED) is 0.0164. The molecular weight excluding hydrogens is 1310 g/mol. The van der Waals surface area contributed by atoms with Crippen molar-refractivity contribution in [3.05, 3.63) is 119 Å². The molecule has 2 fully saturated rings. The Kier molecular flexibility index (Phi) is 28.3. The number of amides is 7. The summed E-state index contributed by atoms with van der Waals surface area (Å²) in [4.78, 5) is 137. The normalized spacial score (nSPS) is 16.2. The number of fused-ring (bicyclic) bond motifs is 1. The number of nitrogens with zero attached hydrogens (tertiary/aromatic N) is 8. The summed E-state index contributed by atoms with van der Waals surface area (Å²) in [6.07, 6.45) is -1.13. The summed E-state index contributed by atoms with van der Waals surface area (Å²) in [7, 11) is 3.42. The van der Waals surface area contributed by atoms with Crippen LogP contribution in [0.4, 0.5) is 14.5 Å². The number of aliphatic carboxylic acids is 2. The van der Waals surface area contributed by atoms with Crippen LogP contribution in [0.3, 0.4) is 0 Å². The maximum Gasteiger partial charge on any atom is 0.317 e. The van der Waals surface area contributed by atoms with Crippen molar-refractivity contribution in [3.63, 3.8) is 0 Å². The van der Waals surface area contributed by atoms with Crippen molar-refractivity contribution >= 4 is 75.8 Å². The standard InChI is InChI=1S/C59H75F2N15O11.Lu/c1-63-47-33-59(60,61)38-76(47)51(80)34-68-55(85)43-20-22-65-54-42(43)11-7-12-44(54)69-48(77)18-19-49(78)70-45(13-8-21-67-58(62)72(2)3)57(87)71-46(31-39-9-5-4-6-10-39)56(86)66-24-23-64-50(79)32-40-14-16-41(17-15-40)35-73-25-27-74(36-52(81)82)29-30-75(28-26-73)37-53(83)84;/h4-7,9-12,14-17,20,22,45-47H,8,13,18-19,21,23-38H2,2-3H3,(H2,62,67)(H,64,79)(H,66,86)(H,68,85)(H,69,77)(H,70,78)(H,71,87)(H,81,82)(H,83,84);/t45-,46-,47-;/m0./s1/i;1+2. The number of carboxylic acids is 2. The second-order valence-corrected chi connectivity index (χ2v) is 21.4. The first kappa shape index (κ1) is 70.8. The number of anilines is 1. The molecule has 481 valence electrons. The topological polar surface area (TPSA) is 338 Å².